The van der Waals surface area contributed by atoms with E-state index in [-0.39, 0.29) is 0 Å². The van der Waals surface area contributed by atoms with Gasteiger partial charge in [0.05, 0.1) is 5.02 Å². The minimum Gasteiger partial charge on any atom is -0.355 e. The molecular weight excluding hydrogens is 258 g/mol. The van der Waals surface area contributed by atoms with E-state index in [9.17, 15) is 0 Å². The van der Waals surface area contributed by atoms with Crippen LogP contribution in [-0.2, 0) is 6.54 Å². The number of nitrogens with zero attached hydrogens (tertiary/aromatic N) is 2. The van der Waals surface area contributed by atoms with Crippen molar-refractivity contribution in [2.45, 2.75) is 51.1 Å². The summed E-state index contributed by atoms with van der Waals surface area (Å²) in [6.07, 6.45) is 9.77. The predicted molar refractivity (Wildman–Crippen MR) is 79.8 cm³/mol. The van der Waals surface area contributed by atoms with Crippen LogP contribution < -0.4 is 10.2 Å². The van der Waals surface area contributed by atoms with Crippen molar-refractivity contribution in [3.05, 3.63) is 22.8 Å². The maximum Gasteiger partial charge on any atom is 0.147 e. The highest BCUT2D eigenvalue weighted by molar-refractivity contribution is 6.33. The molecule has 3 nitrogen and oxygen atoms in total. The molecule has 2 aliphatic rings. The van der Waals surface area contributed by atoms with E-state index in [0.717, 1.165) is 36.5 Å². The lowest BCUT2D eigenvalue weighted by molar-refractivity contribution is 0.685. The van der Waals surface area contributed by atoms with E-state index in [0.29, 0.717) is 0 Å². The highest BCUT2D eigenvalue weighted by Gasteiger charge is 2.20. The molecule has 1 saturated heterocycles. The van der Waals surface area contributed by atoms with Crippen LogP contribution in [0.1, 0.15) is 44.1 Å². The molecule has 19 heavy (non-hydrogen) atoms. The van der Waals surface area contributed by atoms with Gasteiger partial charge < -0.3 is 10.2 Å². The number of hydrogen-bond acceptors (Lipinski definition) is 3. The number of aromatic nitrogens is 1. The molecule has 1 N–H and O–H groups in total. The van der Waals surface area contributed by atoms with Crippen molar-refractivity contribution < 1.29 is 0 Å². The summed E-state index contributed by atoms with van der Waals surface area (Å²) in [5.74, 6) is 0.971. The fraction of sp³-hybridized carbons (Fsp3) is 0.667. The lowest BCUT2D eigenvalue weighted by atomic mass is 10.2. The Hall–Kier alpha value is -0.800. The van der Waals surface area contributed by atoms with Gasteiger partial charge in [-0.05, 0) is 37.3 Å². The van der Waals surface area contributed by atoms with Crippen molar-refractivity contribution in [1.29, 1.82) is 0 Å². The smallest absolute Gasteiger partial charge is 0.147 e. The molecule has 2 heterocycles. The van der Waals surface area contributed by atoms with Crippen molar-refractivity contribution in [2.24, 2.45) is 0 Å². The summed E-state index contributed by atoms with van der Waals surface area (Å²) in [6.45, 7) is 3.07. The van der Waals surface area contributed by atoms with E-state index in [2.05, 4.69) is 21.3 Å². The summed E-state index contributed by atoms with van der Waals surface area (Å²) in [4.78, 5) is 6.94. The maximum absolute atomic E-state index is 6.42. The molecule has 4 heteroatoms. The Kier molecular flexibility index (Phi) is 4.24. The van der Waals surface area contributed by atoms with Crippen molar-refractivity contribution in [3.8, 4) is 0 Å². The van der Waals surface area contributed by atoms with Gasteiger partial charge in [0.1, 0.15) is 5.82 Å². The topological polar surface area (TPSA) is 28.2 Å². The van der Waals surface area contributed by atoms with E-state index >= 15 is 0 Å². The third-order valence-electron chi connectivity index (χ3n) is 3.96. The van der Waals surface area contributed by atoms with E-state index in [1.54, 1.807) is 0 Å². The molecule has 1 aromatic heterocycles. The summed E-state index contributed by atoms with van der Waals surface area (Å²) in [5.41, 5.74) is 1.19. The summed E-state index contributed by atoms with van der Waals surface area (Å²) in [7, 11) is 0. The van der Waals surface area contributed by atoms with E-state index < -0.39 is 0 Å². The Balaban J connectivity index is 1.66. The van der Waals surface area contributed by atoms with Gasteiger partial charge >= 0.3 is 0 Å². The molecule has 0 bridgehead atoms. The Bertz CT molecular complexity index is 423. The number of hydrogen-bond donors (Lipinski definition) is 1. The molecule has 1 aliphatic heterocycles. The normalized spacial score (nSPS) is 20.4. The van der Waals surface area contributed by atoms with Crippen molar-refractivity contribution in [3.63, 3.8) is 0 Å². The third kappa shape index (κ3) is 3.61. The van der Waals surface area contributed by atoms with E-state index in [1.165, 1.54) is 44.1 Å². The molecule has 1 aromatic rings. The van der Waals surface area contributed by atoms with Crippen LogP contribution in [0.5, 0.6) is 0 Å². The Morgan fingerprint density at radius 3 is 2.58 bits per heavy atom. The molecular formula is C15H22ClN3. The molecule has 0 amide bonds. The summed E-state index contributed by atoms with van der Waals surface area (Å²) in [5, 5.41) is 4.30. The molecule has 1 aliphatic carbocycles. The van der Waals surface area contributed by atoms with E-state index in [4.69, 9.17) is 11.6 Å². The second-order valence-electron chi connectivity index (χ2n) is 5.71. The summed E-state index contributed by atoms with van der Waals surface area (Å²) in [6, 6.07) is 2.80. The van der Waals surface area contributed by atoms with Crippen molar-refractivity contribution in [1.82, 2.24) is 10.3 Å². The zero-order valence-corrected chi connectivity index (χ0v) is 12.1. The van der Waals surface area contributed by atoms with Gasteiger partial charge in [0.2, 0.25) is 0 Å². The molecule has 0 spiro atoms. The maximum atomic E-state index is 6.42. The Morgan fingerprint density at radius 1 is 1.21 bits per heavy atom. The van der Waals surface area contributed by atoms with Gasteiger partial charge in [0, 0.05) is 31.9 Å². The first-order chi connectivity index (χ1) is 9.33. The first-order valence-electron chi connectivity index (χ1n) is 7.46. The highest BCUT2D eigenvalue weighted by atomic mass is 35.5. The second-order valence-corrected chi connectivity index (χ2v) is 6.11. The van der Waals surface area contributed by atoms with Crippen LogP contribution in [0.2, 0.25) is 5.02 Å². The molecule has 0 unspecified atom stereocenters. The van der Waals surface area contributed by atoms with Gasteiger partial charge in [-0.3, -0.25) is 0 Å². The number of halogens is 1. The zero-order valence-electron chi connectivity index (χ0n) is 11.4. The Morgan fingerprint density at radius 2 is 1.95 bits per heavy atom. The third-order valence-corrected chi connectivity index (χ3v) is 4.23. The fourth-order valence-corrected chi connectivity index (χ4v) is 2.94. The van der Waals surface area contributed by atoms with Crippen LogP contribution in [0.25, 0.3) is 0 Å². The van der Waals surface area contributed by atoms with Crippen molar-refractivity contribution >= 4 is 17.4 Å². The molecule has 0 atom stereocenters. The monoisotopic (exact) mass is 279 g/mol. The molecule has 0 aromatic carbocycles. The molecule has 1 saturated carbocycles. The number of nitrogens with one attached hydrogen (secondary N) is 1. The van der Waals surface area contributed by atoms with Gasteiger partial charge in [-0.15, -0.1) is 0 Å². The van der Waals surface area contributed by atoms with Gasteiger partial charge in [-0.2, -0.15) is 0 Å². The van der Waals surface area contributed by atoms with Crippen LogP contribution >= 0.6 is 11.6 Å². The van der Waals surface area contributed by atoms with Crippen LogP contribution in [0.3, 0.4) is 0 Å². The van der Waals surface area contributed by atoms with Crippen molar-refractivity contribution in [2.75, 3.05) is 18.0 Å². The van der Waals surface area contributed by atoms with Crippen LogP contribution in [0.4, 0.5) is 5.82 Å². The highest BCUT2D eigenvalue weighted by Crippen LogP contribution is 2.27. The van der Waals surface area contributed by atoms with Crippen LogP contribution in [0.15, 0.2) is 12.3 Å². The SMILES string of the molecule is Clc1cc(CNC2CC2)cnc1N1CCCCCC1. The van der Waals surface area contributed by atoms with Gasteiger partial charge in [-0.1, -0.05) is 24.4 Å². The summed E-state index contributed by atoms with van der Waals surface area (Å²) < 4.78 is 0. The van der Waals surface area contributed by atoms with Crippen LogP contribution in [0, 0.1) is 0 Å². The molecule has 0 radical (unpaired) electrons. The minimum atomic E-state index is 0.726. The standard InChI is InChI=1S/C15H22ClN3/c16-14-9-12(10-17-13-5-6-13)11-18-15(14)19-7-3-1-2-4-8-19/h9,11,13,17H,1-8,10H2. The zero-order chi connectivity index (χ0) is 13.1. The molecule has 3 rings (SSSR count). The number of rotatable bonds is 4. The molecule has 104 valence electrons. The lowest BCUT2D eigenvalue weighted by Crippen LogP contribution is -2.25. The van der Waals surface area contributed by atoms with E-state index in [1.807, 2.05) is 6.20 Å². The van der Waals surface area contributed by atoms with Gasteiger partial charge in [0.15, 0.2) is 0 Å². The number of pyridine rings is 1. The average Bonchev–Trinajstić information content (AvgIpc) is 3.24. The van der Waals surface area contributed by atoms with Gasteiger partial charge in [0.25, 0.3) is 0 Å². The first kappa shape index (κ1) is 13.2. The quantitative estimate of drug-likeness (QED) is 0.916. The largest absolute Gasteiger partial charge is 0.355 e. The predicted octanol–water partition coefficient (Wildman–Crippen LogP) is 3.37. The van der Waals surface area contributed by atoms with Crippen LogP contribution in [-0.4, -0.2) is 24.1 Å². The fourth-order valence-electron chi connectivity index (χ4n) is 2.63. The first-order valence-corrected chi connectivity index (χ1v) is 7.83. The molecule has 2 fully saturated rings. The minimum absolute atomic E-state index is 0.726. The second kappa shape index (κ2) is 6.10. The number of anilines is 1. The van der Waals surface area contributed by atoms with Gasteiger partial charge in [-0.25, -0.2) is 4.98 Å². The lowest BCUT2D eigenvalue weighted by Gasteiger charge is -2.22. The average molecular weight is 280 g/mol. The Labute approximate surface area is 120 Å². The summed E-state index contributed by atoms with van der Waals surface area (Å²) >= 11 is 6.42.